The van der Waals surface area contributed by atoms with E-state index in [1.54, 1.807) is 0 Å². The molecule has 2 nitrogen and oxygen atoms in total. The minimum Gasteiger partial charge on any atom is -0.370 e. The quantitative estimate of drug-likeness (QED) is 0.860. The molecular formula is C16H24N2. The summed E-state index contributed by atoms with van der Waals surface area (Å²) in [6, 6.07) is 6.72. The monoisotopic (exact) mass is 244 g/mol. The van der Waals surface area contributed by atoms with Gasteiger partial charge in [0.15, 0.2) is 0 Å². The highest BCUT2D eigenvalue weighted by Crippen LogP contribution is 2.41. The van der Waals surface area contributed by atoms with Crippen LogP contribution in [0.1, 0.15) is 30.9 Å². The van der Waals surface area contributed by atoms with Crippen LogP contribution in [0.25, 0.3) is 0 Å². The summed E-state index contributed by atoms with van der Waals surface area (Å²) in [6.45, 7) is 9.44. The van der Waals surface area contributed by atoms with Crippen molar-refractivity contribution in [2.45, 2.75) is 33.1 Å². The first-order chi connectivity index (χ1) is 8.74. The van der Waals surface area contributed by atoms with Crippen molar-refractivity contribution in [1.29, 1.82) is 0 Å². The minimum absolute atomic E-state index is 0.575. The highest BCUT2D eigenvalue weighted by Gasteiger charge is 2.44. The molecule has 2 saturated heterocycles. The predicted molar refractivity (Wildman–Crippen MR) is 77.3 cm³/mol. The maximum atomic E-state index is 3.57. The molecule has 0 unspecified atom stereocenters. The molecule has 1 aromatic carbocycles. The van der Waals surface area contributed by atoms with E-state index >= 15 is 0 Å². The van der Waals surface area contributed by atoms with Gasteiger partial charge in [-0.3, -0.25) is 0 Å². The van der Waals surface area contributed by atoms with Crippen molar-refractivity contribution in [3.63, 3.8) is 0 Å². The molecule has 2 heteroatoms. The number of nitrogens with one attached hydrogen (secondary N) is 1. The van der Waals surface area contributed by atoms with Crippen LogP contribution in [-0.4, -0.2) is 26.2 Å². The standard InChI is InChI=1S/C16H24N2/c1-3-14-7-4-6-13(2)15(14)18-11-16(12-18)8-5-9-17-10-16/h4,6-7,17H,3,5,8-12H2,1-2H3. The van der Waals surface area contributed by atoms with Gasteiger partial charge in [-0.25, -0.2) is 0 Å². The lowest BCUT2D eigenvalue weighted by atomic mass is 9.73. The topological polar surface area (TPSA) is 15.3 Å². The molecule has 2 heterocycles. The predicted octanol–water partition coefficient (Wildman–Crippen LogP) is 2.75. The Hall–Kier alpha value is -1.02. The molecular weight excluding hydrogens is 220 g/mol. The molecule has 98 valence electrons. The third-order valence-corrected chi connectivity index (χ3v) is 4.63. The Labute approximate surface area is 110 Å². The zero-order valence-electron chi connectivity index (χ0n) is 11.6. The molecule has 0 atom stereocenters. The van der Waals surface area contributed by atoms with Crippen molar-refractivity contribution >= 4 is 5.69 Å². The summed E-state index contributed by atoms with van der Waals surface area (Å²) >= 11 is 0. The van der Waals surface area contributed by atoms with E-state index in [2.05, 4.69) is 42.3 Å². The van der Waals surface area contributed by atoms with Gasteiger partial charge in [0.05, 0.1) is 0 Å². The Morgan fingerprint density at radius 2 is 2.17 bits per heavy atom. The number of para-hydroxylation sites is 1. The van der Waals surface area contributed by atoms with Gasteiger partial charge >= 0.3 is 0 Å². The lowest BCUT2D eigenvalue weighted by Crippen LogP contribution is -2.62. The van der Waals surface area contributed by atoms with Gasteiger partial charge in [-0.05, 0) is 43.9 Å². The first kappa shape index (κ1) is 12.0. The largest absolute Gasteiger partial charge is 0.370 e. The third kappa shape index (κ3) is 1.93. The van der Waals surface area contributed by atoms with Crippen molar-refractivity contribution < 1.29 is 0 Å². The lowest BCUT2D eigenvalue weighted by Gasteiger charge is -2.54. The molecule has 0 amide bonds. The molecule has 2 aliphatic rings. The van der Waals surface area contributed by atoms with Crippen LogP contribution in [0.4, 0.5) is 5.69 Å². The Morgan fingerprint density at radius 3 is 2.83 bits per heavy atom. The van der Waals surface area contributed by atoms with Crippen molar-refractivity contribution in [1.82, 2.24) is 5.32 Å². The van der Waals surface area contributed by atoms with Gasteiger partial charge in [-0.1, -0.05) is 25.1 Å². The van der Waals surface area contributed by atoms with Crippen LogP contribution in [0.3, 0.4) is 0 Å². The molecule has 1 N–H and O–H groups in total. The Balaban J connectivity index is 1.78. The second-order valence-electron chi connectivity index (χ2n) is 6.07. The maximum Gasteiger partial charge on any atom is 0.0428 e. The molecule has 1 spiro atoms. The number of aryl methyl sites for hydroxylation is 2. The first-order valence-electron chi connectivity index (χ1n) is 7.28. The third-order valence-electron chi connectivity index (χ3n) is 4.63. The maximum absolute atomic E-state index is 3.57. The van der Waals surface area contributed by atoms with Gasteiger partial charge in [-0.2, -0.15) is 0 Å². The van der Waals surface area contributed by atoms with Crippen LogP contribution in [0.15, 0.2) is 18.2 Å². The summed E-state index contributed by atoms with van der Waals surface area (Å²) in [4.78, 5) is 2.60. The van der Waals surface area contributed by atoms with E-state index in [9.17, 15) is 0 Å². The van der Waals surface area contributed by atoms with Gasteiger partial charge in [0, 0.05) is 30.7 Å². The lowest BCUT2D eigenvalue weighted by molar-refractivity contribution is 0.156. The van der Waals surface area contributed by atoms with Gasteiger partial charge in [-0.15, -0.1) is 0 Å². The molecule has 0 aliphatic carbocycles. The molecule has 0 saturated carbocycles. The molecule has 2 fully saturated rings. The molecule has 3 rings (SSSR count). The van der Waals surface area contributed by atoms with E-state index in [0.29, 0.717) is 5.41 Å². The zero-order chi connectivity index (χ0) is 12.6. The van der Waals surface area contributed by atoms with Gasteiger partial charge < -0.3 is 10.2 Å². The first-order valence-corrected chi connectivity index (χ1v) is 7.28. The van der Waals surface area contributed by atoms with E-state index in [1.165, 1.54) is 55.8 Å². The average Bonchev–Trinajstić information content (AvgIpc) is 2.37. The number of hydrogen-bond donors (Lipinski definition) is 1. The highest BCUT2D eigenvalue weighted by molar-refractivity contribution is 5.61. The molecule has 2 aliphatic heterocycles. The zero-order valence-corrected chi connectivity index (χ0v) is 11.6. The van der Waals surface area contributed by atoms with E-state index in [1.807, 2.05) is 0 Å². The highest BCUT2D eigenvalue weighted by atomic mass is 15.2. The second kappa shape index (κ2) is 4.58. The van der Waals surface area contributed by atoms with Crippen LogP contribution in [0.2, 0.25) is 0 Å². The molecule has 1 aromatic rings. The van der Waals surface area contributed by atoms with Crippen LogP contribution >= 0.6 is 0 Å². The number of anilines is 1. The van der Waals surface area contributed by atoms with Gasteiger partial charge in [0.25, 0.3) is 0 Å². The number of nitrogens with zero attached hydrogens (tertiary/aromatic N) is 1. The molecule has 0 radical (unpaired) electrons. The van der Waals surface area contributed by atoms with Crippen molar-refractivity contribution in [2.75, 3.05) is 31.1 Å². The summed E-state index contributed by atoms with van der Waals surface area (Å²) in [7, 11) is 0. The van der Waals surface area contributed by atoms with Crippen LogP contribution in [-0.2, 0) is 6.42 Å². The Kier molecular flexibility index (Phi) is 3.06. The van der Waals surface area contributed by atoms with E-state index in [0.717, 1.165) is 6.42 Å². The Bertz CT molecular complexity index is 425. The van der Waals surface area contributed by atoms with Crippen LogP contribution in [0, 0.1) is 12.3 Å². The summed E-state index contributed by atoms with van der Waals surface area (Å²) in [5, 5.41) is 3.57. The second-order valence-corrected chi connectivity index (χ2v) is 6.07. The van der Waals surface area contributed by atoms with E-state index < -0.39 is 0 Å². The number of benzene rings is 1. The smallest absolute Gasteiger partial charge is 0.0428 e. The number of rotatable bonds is 2. The fourth-order valence-corrected chi connectivity index (χ4v) is 3.68. The van der Waals surface area contributed by atoms with Crippen molar-refractivity contribution in [2.24, 2.45) is 5.41 Å². The minimum atomic E-state index is 0.575. The summed E-state index contributed by atoms with van der Waals surface area (Å²) < 4.78 is 0. The van der Waals surface area contributed by atoms with Crippen molar-refractivity contribution in [3.05, 3.63) is 29.3 Å². The molecule has 0 aromatic heterocycles. The van der Waals surface area contributed by atoms with Crippen LogP contribution < -0.4 is 10.2 Å². The summed E-state index contributed by atoms with van der Waals surface area (Å²) in [5.74, 6) is 0. The molecule has 0 bridgehead atoms. The van der Waals surface area contributed by atoms with Gasteiger partial charge in [0.1, 0.15) is 0 Å². The Morgan fingerprint density at radius 1 is 1.33 bits per heavy atom. The van der Waals surface area contributed by atoms with Crippen molar-refractivity contribution in [3.8, 4) is 0 Å². The molecule has 18 heavy (non-hydrogen) atoms. The summed E-state index contributed by atoms with van der Waals surface area (Å²) in [5.41, 5.74) is 5.03. The SMILES string of the molecule is CCc1cccc(C)c1N1CC2(CCCNC2)C1. The summed E-state index contributed by atoms with van der Waals surface area (Å²) in [6.07, 6.45) is 3.89. The normalized spacial score (nSPS) is 22.0. The van der Waals surface area contributed by atoms with E-state index in [4.69, 9.17) is 0 Å². The van der Waals surface area contributed by atoms with E-state index in [-0.39, 0.29) is 0 Å². The number of hydrogen-bond acceptors (Lipinski definition) is 2. The fourth-order valence-electron chi connectivity index (χ4n) is 3.68. The average molecular weight is 244 g/mol. The van der Waals surface area contributed by atoms with Crippen LogP contribution in [0.5, 0.6) is 0 Å². The number of piperidine rings is 1. The van der Waals surface area contributed by atoms with Gasteiger partial charge in [0.2, 0.25) is 0 Å². The fraction of sp³-hybridized carbons (Fsp3) is 0.625.